The van der Waals surface area contributed by atoms with Gasteiger partial charge in [-0.1, -0.05) is 24.3 Å². The van der Waals surface area contributed by atoms with E-state index in [2.05, 4.69) is 0 Å². The summed E-state index contributed by atoms with van der Waals surface area (Å²) in [5.41, 5.74) is 1.76. The van der Waals surface area contributed by atoms with Gasteiger partial charge in [0.25, 0.3) is 12.5 Å². The number of fused-ring (bicyclic) bond motifs is 1. The van der Waals surface area contributed by atoms with E-state index in [1.54, 1.807) is 36.8 Å². The van der Waals surface area contributed by atoms with E-state index in [4.69, 9.17) is 24.4 Å². The van der Waals surface area contributed by atoms with E-state index in [0.717, 1.165) is 33.4 Å². The Kier molecular flexibility index (Phi) is 4.19. The molecule has 0 spiro atoms. The van der Waals surface area contributed by atoms with Crippen LogP contribution in [0.4, 0.5) is 0 Å². The van der Waals surface area contributed by atoms with Gasteiger partial charge in [-0.2, -0.15) is 0 Å². The van der Waals surface area contributed by atoms with Crippen molar-refractivity contribution in [1.29, 1.82) is 10.5 Å². The zero-order chi connectivity index (χ0) is 18.6. The van der Waals surface area contributed by atoms with Gasteiger partial charge < -0.3 is 13.9 Å². The highest BCUT2D eigenvalue weighted by molar-refractivity contribution is 6.02. The van der Waals surface area contributed by atoms with Crippen molar-refractivity contribution in [1.82, 2.24) is 0 Å². The second kappa shape index (κ2) is 6.95. The average molecular weight is 352 g/mol. The molecule has 0 saturated carbocycles. The summed E-state index contributed by atoms with van der Waals surface area (Å²) in [5.74, 6) is 2.43. The van der Waals surface area contributed by atoms with Crippen LogP contribution in [0.1, 0.15) is 0 Å². The van der Waals surface area contributed by atoms with Crippen LogP contribution in [0.2, 0.25) is 0 Å². The molecule has 0 radical (unpaired) electrons. The lowest BCUT2D eigenvalue weighted by molar-refractivity contribution is 0.507. The maximum Gasteiger partial charge on any atom is 0.292 e. The lowest BCUT2D eigenvalue weighted by Gasteiger charge is -2.01. The highest BCUT2D eigenvalue weighted by atomic mass is 16.5. The second-order valence-electron chi connectivity index (χ2n) is 5.74. The number of furan rings is 1. The summed E-state index contributed by atoms with van der Waals surface area (Å²) in [6, 6.07) is 22.2. The van der Waals surface area contributed by atoms with E-state index in [0.29, 0.717) is 11.5 Å². The van der Waals surface area contributed by atoms with Crippen molar-refractivity contribution >= 4 is 10.8 Å². The number of hydrogen-bond donors (Lipinski definition) is 0. The molecule has 1 heterocycles. The summed E-state index contributed by atoms with van der Waals surface area (Å²) < 4.78 is 15.9. The van der Waals surface area contributed by atoms with Crippen LogP contribution >= 0.6 is 0 Å². The van der Waals surface area contributed by atoms with E-state index in [1.807, 2.05) is 48.5 Å². The maximum atomic E-state index is 8.61. The average Bonchev–Trinajstić information content (AvgIpc) is 3.10. The summed E-state index contributed by atoms with van der Waals surface area (Å²) in [6.45, 7) is 0. The number of ether oxygens (including phenoxy) is 2. The van der Waals surface area contributed by atoms with Crippen LogP contribution in [0.15, 0.2) is 77.2 Å². The zero-order valence-electron chi connectivity index (χ0n) is 14.0. The Balaban J connectivity index is 1.82. The molecule has 3 aromatic carbocycles. The van der Waals surface area contributed by atoms with Gasteiger partial charge in [-0.15, -0.1) is 10.5 Å². The van der Waals surface area contributed by atoms with Crippen molar-refractivity contribution in [3.63, 3.8) is 0 Å². The van der Waals surface area contributed by atoms with Crippen molar-refractivity contribution in [2.45, 2.75) is 0 Å². The Bertz CT molecular complexity index is 1080. The molecular weight excluding hydrogens is 340 g/mol. The molecule has 0 atom stereocenters. The minimum Gasteiger partial charge on any atom is -0.455 e. The highest BCUT2D eigenvalue weighted by Crippen LogP contribution is 2.39. The summed E-state index contributed by atoms with van der Waals surface area (Å²) >= 11 is 0. The third-order valence-corrected chi connectivity index (χ3v) is 4.18. The second-order valence-corrected chi connectivity index (χ2v) is 5.74. The largest absolute Gasteiger partial charge is 0.455 e. The van der Waals surface area contributed by atoms with Crippen LogP contribution in [-0.2, 0) is 0 Å². The Morgan fingerprint density at radius 3 is 1.37 bits per heavy atom. The first kappa shape index (κ1) is 16.3. The molecule has 27 heavy (non-hydrogen) atoms. The van der Waals surface area contributed by atoms with E-state index >= 15 is 0 Å². The monoisotopic (exact) mass is 352 g/mol. The number of hydrogen-bond acceptors (Lipinski definition) is 5. The van der Waals surface area contributed by atoms with Crippen LogP contribution in [-0.4, -0.2) is 0 Å². The quantitative estimate of drug-likeness (QED) is 0.454. The van der Waals surface area contributed by atoms with Gasteiger partial charge in [0.2, 0.25) is 0 Å². The molecule has 0 N–H and O–H groups in total. The van der Waals surface area contributed by atoms with Crippen LogP contribution in [0.3, 0.4) is 0 Å². The van der Waals surface area contributed by atoms with Gasteiger partial charge in [-0.05, 0) is 48.5 Å². The Hall–Kier alpha value is -4.22. The maximum absolute atomic E-state index is 8.61. The van der Waals surface area contributed by atoms with Crippen LogP contribution < -0.4 is 9.47 Å². The SMILES string of the molecule is N#COc1ccc(-c2oc(-c3ccc(OC#N)cc3)c3ccccc23)cc1. The zero-order valence-corrected chi connectivity index (χ0v) is 14.0. The van der Waals surface area contributed by atoms with Gasteiger partial charge in [0.1, 0.15) is 23.0 Å². The minimum absolute atomic E-state index is 0.477. The lowest BCUT2D eigenvalue weighted by atomic mass is 10.0. The van der Waals surface area contributed by atoms with Crippen molar-refractivity contribution in [3.05, 3.63) is 72.8 Å². The molecule has 1 aromatic heterocycles. The first-order valence-electron chi connectivity index (χ1n) is 8.14. The summed E-state index contributed by atoms with van der Waals surface area (Å²) in [7, 11) is 0. The molecule has 0 bridgehead atoms. The van der Waals surface area contributed by atoms with Crippen molar-refractivity contribution in [3.8, 4) is 46.7 Å². The Labute approximate surface area is 155 Å². The molecule has 0 unspecified atom stereocenters. The van der Waals surface area contributed by atoms with Crippen LogP contribution in [0, 0.1) is 23.0 Å². The van der Waals surface area contributed by atoms with E-state index in [1.165, 1.54) is 0 Å². The first-order valence-corrected chi connectivity index (χ1v) is 8.14. The molecule has 4 aromatic rings. The van der Waals surface area contributed by atoms with Gasteiger partial charge in [0.05, 0.1) is 0 Å². The molecule has 128 valence electrons. The van der Waals surface area contributed by atoms with Crippen LogP contribution in [0.25, 0.3) is 33.4 Å². The van der Waals surface area contributed by atoms with Gasteiger partial charge in [-0.3, -0.25) is 0 Å². The smallest absolute Gasteiger partial charge is 0.292 e. The number of rotatable bonds is 4. The minimum atomic E-state index is 0.477. The van der Waals surface area contributed by atoms with E-state index < -0.39 is 0 Å². The predicted molar refractivity (Wildman–Crippen MR) is 99.6 cm³/mol. The highest BCUT2D eigenvalue weighted by Gasteiger charge is 2.16. The fraction of sp³-hybridized carbons (Fsp3) is 0. The molecule has 0 saturated heterocycles. The van der Waals surface area contributed by atoms with Crippen molar-refractivity contribution in [2.75, 3.05) is 0 Å². The van der Waals surface area contributed by atoms with Crippen LogP contribution in [0.5, 0.6) is 11.5 Å². The number of benzene rings is 3. The summed E-state index contributed by atoms with van der Waals surface area (Å²) in [5, 5.41) is 19.2. The molecule has 0 fully saturated rings. The van der Waals surface area contributed by atoms with Gasteiger partial charge in [0, 0.05) is 21.9 Å². The topological polar surface area (TPSA) is 79.2 Å². The first-order chi connectivity index (χ1) is 13.3. The lowest BCUT2D eigenvalue weighted by Crippen LogP contribution is -1.82. The van der Waals surface area contributed by atoms with Gasteiger partial charge in [-0.25, -0.2) is 0 Å². The van der Waals surface area contributed by atoms with Gasteiger partial charge >= 0.3 is 0 Å². The molecule has 0 aliphatic rings. The number of nitrogens with zero attached hydrogens (tertiary/aromatic N) is 2. The summed E-state index contributed by atoms with van der Waals surface area (Å²) in [4.78, 5) is 0. The molecule has 0 aliphatic carbocycles. The third kappa shape index (κ3) is 3.06. The summed E-state index contributed by atoms with van der Waals surface area (Å²) in [6.07, 6.45) is 3.32. The predicted octanol–water partition coefficient (Wildman–Crippen LogP) is 5.49. The molecule has 4 rings (SSSR count). The Morgan fingerprint density at radius 2 is 1.00 bits per heavy atom. The number of nitriles is 2. The Morgan fingerprint density at radius 1 is 0.593 bits per heavy atom. The van der Waals surface area contributed by atoms with Crippen molar-refractivity contribution in [2.24, 2.45) is 0 Å². The fourth-order valence-corrected chi connectivity index (χ4v) is 2.97. The van der Waals surface area contributed by atoms with Gasteiger partial charge in [0.15, 0.2) is 0 Å². The third-order valence-electron chi connectivity index (χ3n) is 4.18. The molecule has 0 amide bonds. The van der Waals surface area contributed by atoms with Crippen molar-refractivity contribution < 1.29 is 13.9 Å². The standard InChI is InChI=1S/C22H12N2O3/c23-13-25-17-9-5-15(6-10-17)21-19-3-1-2-4-20(19)22(27-21)16-7-11-18(12-8-16)26-14-24/h1-12H. The molecule has 5 nitrogen and oxygen atoms in total. The molecule has 5 heteroatoms. The molecular formula is C22H12N2O3. The van der Waals surface area contributed by atoms with E-state index in [9.17, 15) is 0 Å². The normalized spacial score (nSPS) is 10.1. The van der Waals surface area contributed by atoms with E-state index in [-0.39, 0.29) is 0 Å². The molecule has 0 aliphatic heterocycles. The fourth-order valence-electron chi connectivity index (χ4n) is 2.97.